The zero-order chi connectivity index (χ0) is 14.4. The van der Waals surface area contributed by atoms with Gasteiger partial charge in [-0.2, -0.15) is 0 Å². The molecule has 106 valence electrons. The second kappa shape index (κ2) is 6.72. The van der Waals surface area contributed by atoms with Crippen molar-refractivity contribution in [1.29, 1.82) is 0 Å². The van der Waals surface area contributed by atoms with Crippen LogP contribution in [0.4, 0.5) is 10.5 Å². The zero-order valence-electron chi connectivity index (χ0n) is 11.3. The number of hydrogen-bond acceptors (Lipinski definition) is 3. The topological polar surface area (TPSA) is 79.2 Å². The molecular formula is C14H18N4O2. The smallest absolute Gasteiger partial charge is 0.319 e. The van der Waals surface area contributed by atoms with Crippen molar-refractivity contribution in [2.45, 2.75) is 19.6 Å². The molecule has 0 aliphatic rings. The number of aliphatic hydroxyl groups is 1. The first-order valence-corrected chi connectivity index (χ1v) is 6.44. The lowest BCUT2D eigenvalue weighted by Gasteiger charge is -2.09. The van der Waals surface area contributed by atoms with Crippen molar-refractivity contribution >= 4 is 11.7 Å². The van der Waals surface area contributed by atoms with E-state index in [4.69, 9.17) is 0 Å². The van der Waals surface area contributed by atoms with Gasteiger partial charge in [0.15, 0.2) is 0 Å². The van der Waals surface area contributed by atoms with Crippen LogP contribution in [0.2, 0.25) is 0 Å². The Bertz CT molecular complexity index is 535. The van der Waals surface area contributed by atoms with Crippen LogP contribution in [-0.4, -0.2) is 27.2 Å². The standard InChI is InChI=1S/C14H18N4O2/c1-11(19)12-2-4-13(5-3-12)17-14(20)16-7-9-18-8-6-15-10-18/h2-6,8,10-11,19H,7,9H2,1H3,(H2,16,17,20). The summed E-state index contributed by atoms with van der Waals surface area (Å²) < 4.78 is 1.89. The largest absolute Gasteiger partial charge is 0.389 e. The molecule has 0 saturated carbocycles. The van der Waals surface area contributed by atoms with Crippen LogP contribution in [0.3, 0.4) is 0 Å². The Balaban J connectivity index is 1.76. The summed E-state index contributed by atoms with van der Waals surface area (Å²) >= 11 is 0. The normalized spacial score (nSPS) is 11.9. The van der Waals surface area contributed by atoms with Gasteiger partial charge in [0, 0.05) is 31.2 Å². The number of nitrogens with zero attached hydrogens (tertiary/aromatic N) is 2. The Morgan fingerprint density at radius 3 is 2.75 bits per heavy atom. The molecular weight excluding hydrogens is 256 g/mol. The van der Waals surface area contributed by atoms with E-state index in [-0.39, 0.29) is 6.03 Å². The summed E-state index contributed by atoms with van der Waals surface area (Å²) in [5.74, 6) is 0. The summed E-state index contributed by atoms with van der Waals surface area (Å²) in [7, 11) is 0. The van der Waals surface area contributed by atoms with Crippen LogP contribution in [0.25, 0.3) is 0 Å². The Labute approximate surface area is 117 Å². The highest BCUT2D eigenvalue weighted by molar-refractivity contribution is 5.89. The third-order valence-electron chi connectivity index (χ3n) is 2.87. The molecule has 1 heterocycles. The number of hydrogen-bond donors (Lipinski definition) is 3. The van der Waals surface area contributed by atoms with E-state index in [9.17, 15) is 9.90 Å². The van der Waals surface area contributed by atoms with Gasteiger partial charge in [0.2, 0.25) is 0 Å². The van der Waals surface area contributed by atoms with Crippen molar-refractivity contribution in [2.24, 2.45) is 0 Å². The van der Waals surface area contributed by atoms with E-state index >= 15 is 0 Å². The first kappa shape index (κ1) is 14.1. The minimum Gasteiger partial charge on any atom is -0.389 e. The Morgan fingerprint density at radius 2 is 2.15 bits per heavy atom. The lowest BCUT2D eigenvalue weighted by atomic mass is 10.1. The number of nitrogens with one attached hydrogen (secondary N) is 2. The first-order chi connectivity index (χ1) is 9.65. The maximum Gasteiger partial charge on any atom is 0.319 e. The summed E-state index contributed by atoms with van der Waals surface area (Å²) in [6.45, 7) is 2.90. The van der Waals surface area contributed by atoms with E-state index in [2.05, 4.69) is 15.6 Å². The van der Waals surface area contributed by atoms with E-state index in [0.717, 1.165) is 5.56 Å². The van der Waals surface area contributed by atoms with Crippen LogP contribution >= 0.6 is 0 Å². The molecule has 3 N–H and O–H groups in total. The molecule has 2 aromatic rings. The van der Waals surface area contributed by atoms with Crippen LogP contribution in [0, 0.1) is 0 Å². The van der Waals surface area contributed by atoms with Gasteiger partial charge >= 0.3 is 6.03 Å². The third kappa shape index (κ3) is 4.10. The van der Waals surface area contributed by atoms with Crippen molar-refractivity contribution in [3.63, 3.8) is 0 Å². The predicted octanol–water partition coefficient (Wildman–Crippen LogP) is 1.76. The second-order valence-corrected chi connectivity index (χ2v) is 4.48. The van der Waals surface area contributed by atoms with Crippen molar-refractivity contribution in [1.82, 2.24) is 14.9 Å². The van der Waals surface area contributed by atoms with Crippen molar-refractivity contribution < 1.29 is 9.90 Å². The number of rotatable bonds is 5. The highest BCUT2D eigenvalue weighted by Gasteiger charge is 2.03. The maximum absolute atomic E-state index is 11.7. The summed E-state index contributed by atoms with van der Waals surface area (Å²) in [5, 5.41) is 14.9. The quantitative estimate of drug-likeness (QED) is 0.777. The number of benzene rings is 1. The fraction of sp³-hybridized carbons (Fsp3) is 0.286. The van der Waals surface area contributed by atoms with Crippen molar-refractivity contribution in [2.75, 3.05) is 11.9 Å². The van der Waals surface area contributed by atoms with Gasteiger partial charge in [-0.05, 0) is 24.6 Å². The number of imidazole rings is 1. The number of carbonyl (C=O) groups is 1. The Morgan fingerprint density at radius 1 is 1.40 bits per heavy atom. The summed E-state index contributed by atoms with van der Waals surface area (Å²) in [6, 6.07) is 6.84. The number of carbonyl (C=O) groups excluding carboxylic acids is 1. The van der Waals surface area contributed by atoms with Crippen LogP contribution in [-0.2, 0) is 6.54 Å². The molecule has 0 aliphatic heterocycles. The average Bonchev–Trinajstić information content (AvgIpc) is 2.92. The number of amides is 2. The molecule has 2 rings (SSSR count). The van der Waals surface area contributed by atoms with Crippen LogP contribution in [0.1, 0.15) is 18.6 Å². The highest BCUT2D eigenvalue weighted by atomic mass is 16.3. The monoisotopic (exact) mass is 274 g/mol. The molecule has 0 radical (unpaired) electrons. The number of anilines is 1. The van der Waals surface area contributed by atoms with Crippen LogP contribution in [0.5, 0.6) is 0 Å². The minimum atomic E-state index is -0.506. The fourth-order valence-electron chi connectivity index (χ4n) is 1.74. The molecule has 1 unspecified atom stereocenters. The van der Waals surface area contributed by atoms with E-state index in [1.165, 1.54) is 0 Å². The molecule has 0 spiro atoms. The van der Waals surface area contributed by atoms with Crippen LogP contribution < -0.4 is 10.6 Å². The Hall–Kier alpha value is -2.34. The molecule has 6 nitrogen and oxygen atoms in total. The van der Waals surface area contributed by atoms with Gasteiger partial charge in [0.25, 0.3) is 0 Å². The van der Waals surface area contributed by atoms with Crippen molar-refractivity contribution in [3.05, 3.63) is 48.5 Å². The van der Waals surface area contributed by atoms with Gasteiger partial charge in [-0.1, -0.05) is 12.1 Å². The summed E-state index contributed by atoms with van der Waals surface area (Å²) in [5.41, 5.74) is 1.51. The summed E-state index contributed by atoms with van der Waals surface area (Å²) in [4.78, 5) is 15.6. The molecule has 2 amide bonds. The molecule has 0 fully saturated rings. The lowest BCUT2D eigenvalue weighted by Crippen LogP contribution is -2.31. The lowest BCUT2D eigenvalue weighted by molar-refractivity contribution is 0.199. The van der Waals surface area contributed by atoms with Gasteiger partial charge in [-0.25, -0.2) is 9.78 Å². The third-order valence-corrected chi connectivity index (χ3v) is 2.87. The van der Waals surface area contributed by atoms with Crippen molar-refractivity contribution in [3.8, 4) is 0 Å². The SMILES string of the molecule is CC(O)c1ccc(NC(=O)NCCn2ccnc2)cc1. The van der Waals surface area contributed by atoms with E-state index in [1.54, 1.807) is 43.7 Å². The van der Waals surface area contributed by atoms with Gasteiger partial charge in [-0.3, -0.25) is 0 Å². The Kier molecular flexibility index (Phi) is 4.73. The highest BCUT2D eigenvalue weighted by Crippen LogP contribution is 2.15. The molecule has 1 aromatic carbocycles. The zero-order valence-corrected chi connectivity index (χ0v) is 11.3. The minimum absolute atomic E-state index is 0.255. The van der Waals surface area contributed by atoms with Crippen LogP contribution in [0.15, 0.2) is 43.0 Å². The first-order valence-electron chi connectivity index (χ1n) is 6.44. The van der Waals surface area contributed by atoms with Gasteiger partial charge in [0.05, 0.1) is 12.4 Å². The number of aliphatic hydroxyl groups excluding tert-OH is 1. The van der Waals surface area contributed by atoms with Gasteiger partial charge in [-0.15, -0.1) is 0 Å². The molecule has 1 aromatic heterocycles. The van der Waals surface area contributed by atoms with Gasteiger partial charge < -0.3 is 20.3 Å². The molecule has 1 atom stereocenters. The molecule has 0 bridgehead atoms. The van der Waals surface area contributed by atoms with Gasteiger partial charge in [0.1, 0.15) is 0 Å². The average molecular weight is 274 g/mol. The second-order valence-electron chi connectivity index (χ2n) is 4.48. The molecule has 0 aliphatic carbocycles. The van der Waals surface area contributed by atoms with E-state index in [1.807, 2.05) is 10.8 Å². The summed E-state index contributed by atoms with van der Waals surface area (Å²) in [6.07, 6.45) is 4.74. The number of urea groups is 1. The van der Waals surface area contributed by atoms with E-state index < -0.39 is 6.10 Å². The molecule has 6 heteroatoms. The predicted molar refractivity (Wildman–Crippen MR) is 76.3 cm³/mol. The van der Waals surface area contributed by atoms with E-state index in [0.29, 0.717) is 18.8 Å². The fourth-order valence-corrected chi connectivity index (χ4v) is 1.74. The number of aromatic nitrogens is 2. The molecule has 0 saturated heterocycles. The maximum atomic E-state index is 11.7. The molecule has 20 heavy (non-hydrogen) atoms.